The molecule has 1 saturated heterocycles. The zero-order chi connectivity index (χ0) is 33.9. The molecule has 2 aromatic rings. The van der Waals surface area contributed by atoms with Gasteiger partial charge in [0.15, 0.2) is 0 Å². The van der Waals surface area contributed by atoms with Gasteiger partial charge in [-0.1, -0.05) is 0 Å². The van der Waals surface area contributed by atoms with Crippen LogP contribution in [0.1, 0.15) is 47.1 Å². The van der Waals surface area contributed by atoms with Crippen LogP contribution in [0.5, 0.6) is 5.75 Å². The van der Waals surface area contributed by atoms with Gasteiger partial charge in [0.25, 0.3) is 0 Å². The molecule has 1 aliphatic rings. The second kappa shape index (κ2) is 14.2. The van der Waals surface area contributed by atoms with Gasteiger partial charge >= 0.3 is 271 Å². The van der Waals surface area contributed by atoms with E-state index in [1.165, 1.54) is 33.9 Å². The Morgan fingerprint density at radius 3 is 2.00 bits per heavy atom. The number of ether oxygens (including phenoxy) is 3. The van der Waals surface area contributed by atoms with Gasteiger partial charge in [0.2, 0.25) is 0 Å². The van der Waals surface area contributed by atoms with Crippen molar-refractivity contribution < 1.29 is 37.4 Å². The summed E-state index contributed by atoms with van der Waals surface area (Å²) in [6.45, 7) is 9.41. The first-order valence-electron chi connectivity index (χ1n) is 14.1. The number of hydrogen-bond acceptors (Lipinski definition) is 6. The summed E-state index contributed by atoms with van der Waals surface area (Å²) in [5.41, 5.74) is -1.89. The second-order valence-electron chi connectivity index (χ2n) is 12.4. The summed E-state index contributed by atoms with van der Waals surface area (Å²) in [5, 5.41) is 0. The Hall–Kier alpha value is -3.69. The van der Waals surface area contributed by atoms with Gasteiger partial charge in [0, 0.05) is 0 Å². The van der Waals surface area contributed by atoms with Crippen LogP contribution in [0.25, 0.3) is 0 Å². The molecule has 14 heteroatoms. The van der Waals surface area contributed by atoms with Crippen molar-refractivity contribution in [1.82, 2.24) is 19.6 Å². The third-order valence-electron chi connectivity index (χ3n) is 6.25. The molecule has 0 aliphatic carbocycles. The summed E-state index contributed by atoms with van der Waals surface area (Å²) in [5.74, 6) is -1.09. The van der Waals surface area contributed by atoms with Crippen molar-refractivity contribution >= 4 is 44.0 Å². The molecule has 2 aromatic carbocycles. The van der Waals surface area contributed by atoms with Crippen LogP contribution < -0.4 is 4.74 Å². The number of halogens is 3. The van der Waals surface area contributed by atoms with E-state index in [1.807, 2.05) is 4.93 Å². The van der Waals surface area contributed by atoms with E-state index in [9.17, 15) is 14.4 Å². The van der Waals surface area contributed by atoms with Gasteiger partial charge in [0.05, 0.1) is 0 Å². The van der Waals surface area contributed by atoms with Crippen molar-refractivity contribution in [2.24, 2.45) is 4.99 Å². The van der Waals surface area contributed by atoms with Crippen molar-refractivity contribution in [3.63, 3.8) is 0 Å². The quantitative estimate of drug-likeness (QED) is 0.115. The Morgan fingerprint density at radius 2 is 1.49 bits per heavy atom. The molecule has 1 heterocycles. The van der Waals surface area contributed by atoms with Crippen LogP contribution in [-0.2, 0) is 16.0 Å². The fraction of sp³-hybridized carbons (Fsp3) is 0.484. The van der Waals surface area contributed by atoms with E-state index < -0.39 is 61.4 Å². The molecular weight excluding hydrogens is 703 g/mol. The van der Waals surface area contributed by atoms with Gasteiger partial charge < -0.3 is 0 Å². The molecule has 0 radical (unpaired) electrons. The third-order valence-corrected chi connectivity index (χ3v) is 11.4. The SMILES string of the molecule is COc1ccc(I(C)c2c(F)ccc(CN(C(=O)OC(C)(C)C)C(=NC(=O)OC(C)(C)C)N3CN(C)C(=O)N(C)C3)c2F)cc1. The molecule has 0 atom stereocenters. The van der Waals surface area contributed by atoms with Gasteiger partial charge in [-0.25, -0.2) is 0 Å². The fourth-order valence-electron chi connectivity index (χ4n) is 4.28. The molecule has 45 heavy (non-hydrogen) atoms. The Morgan fingerprint density at radius 1 is 0.933 bits per heavy atom. The molecule has 1 fully saturated rings. The molecule has 0 spiro atoms. The molecule has 0 aromatic heterocycles. The average molecular weight is 746 g/mol. The summed E-state index contributed by atoms with van der Waals surface area (Å²) in [6.07, 6.45) is -1.94. The molecule has 1 aliphatic heterocycles. The van der Waals surface area contributed by atoms with Crippen LogP contribution >= 0.6 is 19.8 Å². The number of hydrogen-bond donors (Lipinski definition) is 0. The number of carbonyl (C=O) groups is 3. The molecule has 0 unspecified atom stereocenters. The first kappa shape index (κ1) is 35.8. The first-order valence-corrected chi connectivity index (χ1v) is 18.4. The van der Waals surface area contributed by atoms with E-state index in [-0.39, 0.29) is 34.5 Å². The zero-order valence-electron chi connectivity index (χ0n) is 27.4. The number of nitrogens with zero attached hydrogens (tertiary/aromatic N) is 5. The van der Waals surface area contributed by atoms with Crippen LogP contribution in [0.2, 0.25) is 0 Å². The number of urea groups is 1. The van der Waals surface area contributed by atoms with Crippen LogP contribution in [0.4, 0.5) is 23.2 Å². The van der Waals surface area contributed by atoms with Gasteiger partial charge in [-0.3, -0.25) is 0 Å². The van der Waals surface area contributed by atoms with E-state index in [0.717, 1.165) is 8.47 Å². The van der Waals surface area contributed by atoms with E-state index in [4.69, 9.17) is 14.2 Å². The van der Waals surface area contributed by atoms with Crippen LogP contribution in [-0.4, -0.2) is 94.5 Å². The Kier molecular flexibility index (Phi) is 11.3. The average Bonchev–Trinajstić information content (AvgIpc) is 2.92. The first-order chi connectivity index (χ1) is 20.8. The number of aliphatic imine (C=N–C) groups is 1. The number of alkyl halides is 1. The van der Waals surface area contributed by atoms with Crippen molar-refractivity contribution in [3.05, 3.63) is 60.7 Å². The summed E-state index contributed by atoms with van der Waals surface area (Å²) in [4.78, 5) is 50.5. The standard InChI is InChI=1S/C31H42F2IN5O6/c1-30(2,3)44-27(40)35-26(38-18-36(8)28(41)37(9)19-38)39(29(42)45-31(4,5)6)17-20-11-16-23(32)25(24(20)33)34(7)21-12-14-22(43-10)15-13-21/h11-16H,17-19H2,1-10H3. The molecule has 3 rings (SSSR count). The van der Waals surface area contributed by atoms with E-state index in [2.05, 4.69) is 4.99 Å². The van der Waals surface area contributed by atoms with Gasteiger partial charge in [-0.15, -0.1) is 0 Å². The Labute approximate surface area is 270 Å². The van der Waals surface area contributed by atoms with Crippen molar-refractivity contribution in [1.29, 1.82) is 0 Å². The third kappa shape index (κ3) is 9.41. The molecule has 11 nitrogen and oxygen atoms in total. The number of guanidine groups is 1. The number of methoxy groups -OCH3 is 1. The summed E-state index contributed by atoms with van der Waals surface area (Å²) >= 11 is -2.61. The normalized spacial score (nSPS) is 14.8. The molecular formula is C31H42F2IN5O6. The number of carbonyl (C=O) groups excluding carboxylic acids is 3. The van der Waals surface area contributed by atoms with Gasteiger partial charge in [-0.05, 0) is 0 Å². The van der Waals surface area contributed by atoms with E-state index >= 15 is 8.78 Å². The Balaban J connectivity index is 2.15. The van der Waals surface area contributed by atoms with Gasteiger partial charge in [0.1, 0.15) is 0 Å². The number of benzene rings is 2. The van der Waals surface area contributed by atoms with Crippen molar-refractivity contribution in [3.8, 4) is 5.75 Å². The van der Waals surface area contributed by atoms with Crippen molar-refractivity contribution in [2.75, 3.05) is 39.5 Å². The molecule has 0 N–H and O–H groups in total. The number of amides is 4. The summed E-state index contributed by atoms with van der Waals surface area (Å²) < 4.78 is 48.7. The Bertz CT molecular complexity index is 1430. The summed E-state index contributed by atoms with van der Waals surface area (Å²) in [6, 6.07) is 9.20. The number of rotatable bonds is 5. The van der Waals surface area contributed by atoms with Crippen LogP contribution in [0.3, 0.4) is 0 Å². The minimum absolute atomic E-state index is 0.0124. The summed E-state index contributed by atoms with van der Waals surface area (Å²) in [7, 11) is 4.63. The van der Waals surface area contributed by atoms with E-state index in [1.54, 1.807) is 79.9 Å². The van der Waals surface area contributed by atoms with E-state index in [0.29, 0.717) is 5.75 Å². The fourth-order valence-corrected chi connectivity index (χ4v) is 8.36. The second-order valence-corrected chi connectivity index (χ2v) is 17.4. The monoisotopic (exact) mass is 745 g/mol. The molecule has 0 bridgehead atoms. The predicted molar refractivity (Wildman–Crippen MR) is 175 cm³/mol. The molecule has 248 valence electrons. The minimum atomic E-state index is -2.61. The zero-order valence-corrected chi connectivity index (χ0v) is 29.6. The van der Waals surface area contributed by atoms with Crippen LogP contribution in [0.15, 0.2) is 41.4 Å². The molecule has 0 saturated carbocycles. The predicted octanol–water partition coefficient (Wildman–Crippen LogP) is 6.39. The topological polar surface area (TPSA) is 104 Å². The maximum atomic E-state index is 16.3. The van der Waals surface area contributed by atoms with Crippen LogP contribution in [0, 0.1) is 18.8 Å². The maximum absolute atomic E-state index is 16.3. The molecule has 4 amide bonds. The van der Waals surface area contributed by atoms with Gasteiger partial charge in [-0.2, -0.15) is 0 Å². The van der Waals surface area contributed by atoms with Crippen molar-refractivity contribution in [2.45, 2.75) is 59.3 Å².